The molecule has 0 aliphatic rings. The van der Waals surface area contributed by atoms with Gasteiger partial charge in [0, 0.05) is 33.2 Å². The summed E-state index contributed by atoms with van der Waals surface area (Å²) in [5.41, 5.74) is 1.45. The number of aromatic nitrogens is 2. The Hall–Kier alpha value is -4.52. The van der Waals surface area contributed by atoms with Crippen molar-refractivity contribution in [3.63, 3.8) is 0 Å². The number of hydrogen-bond donors (Lipinski definition) is 1. The van der Waals surface area contributed by atoms with E-state index in [-0.39, 0.29) is 16.9 Å². The quantitative estimate of drug-likeness (QED) is 0.140. The van der Waals surface area contributed by atoms with Gasteiger partial charge < -0.3 is 24.1 Å². The molecule has 0 atom stereocenters. The molecule has 0 radical (unpaired) electrons. The van der Waals surface area contributed by atoms with Crippen LogP contribution in [0.2, 0.25) is 10.0 Å². The van der Waals surface area contributed by atoms with Crippen LogP contribution in [0.3, 0.4) is 0 Å². The number of nitrogens with zero attached hydrogens (tertiary/aromatic N) is 2. The van der Waals surface area contributed by atoms with Gasteiger partial charge in [-0.2, -0.15) is 0 Å². The molecule has 0 spiro atoms. The van der Waals surface area contributed by atoms with E-state index in [1.54, 1.807) is 90.1 Å². The van der Waals surface area contributed by atoms with Crippen LogP contribution in [0.1, 0.15) is 62.3 Å². The van der Waals surface area contributed by atoms with Crippen molar-refractivity contribution in [2.45, 2.75) is 52.7 Å². The van der Waals surface area contributed by atoms with Crippen LogP contribution >= 0.6 is 39.1 Å². The molecule has 0 saturated heterocycles. The van der Waals surface area contributed by atoms with Crippen LogP contribution in [0.15, 0.2) is 65.4 Å². The highest BCUT2D eigenvalue weighted by atomic mass is 79.9. The molecule has 2 aromatic heterocycles. The van der Waals surface area contributed by atoms with Crippen LogP contribution < -0.4 is 0 Å². The molecular weight excluding hydrogens is 755 g/mol. The molecule has 0 aliphatic carbocycles. The lowest BCUT2D eigenvalue weighted by molar-refractivity contribution is 0.0530. The standard InChI is InChI=1S/C21H20ClNO5.C15H15BrClNO4/c1-21(2,3)28-20(26)23-11-16(19(25)27-4)15-9-14(17(22)10-18(15)23)12-5-7-13(24)8-6-12;1-15(2,3)22-14(20)18-7-9(13(19)21-4)8-5-10(16)11(17)6-12(8)18/h5-11,24H,1-4H3;5-7H,1-4H3. The van der Waals surface area contributed by atoms with Crippen molar-refractivity contribution < 1.29 is 43.2 Å². The molecule has 0 aliphatic heterocycles. The second-order valence-corrected chi connectivity index (χ2v) is 14.6. The Labute approximate surface area is 306 Å². The summed E-state index contributed by atoms with van der Waals surface area (Å²) < 4.78 is 23.5. The molecule has 3 aromatic carbocycles. The first-order valence-electron chi connectivity index (χ1n) is 15.0. The van der Waals surface area contributed by atoms with Gasteiger partial charge in [-0.15, -0.1) is 0 Å². The van der Waals surface area contributed by atoms with Gasteiger partial charge in [-0.1, -0.05) is 35.3 Å². The lowest BCUT2D eigenvalue weighted by atomic mass is 10.0. The van der Waals surface area contributed by atoms with Crippen LogP contribution in [-0.4, -0.2) is 63.8 Å². The fraction of sp³-hybridized carbons (Fsp3) is 0.278. The largest absolute Gasteiger partial charge is 0.508 e. The van der Waals surface area contributed by atoms with Gasteiger partial charge in [-0.3, -0.25) is 9.13 Å². The first-order valence-corrected chi connectivity index (χ1v) is 16.6. The first kappa shape index (κ1) is 38.3. The van der Waals surface area contributed by atoms with E-state index in [1.165, 1.54) is 35.7 Å². The molecule has 0 amide bonds. The predicted octanol–water partition coefficient (Wildman–Crippen LogP) is 9.86. The molecule has 5 aromatic rings. The fourth-order valence-electron chi connectivity index (χ4n) is 4.80. The summed E-state index contributed by atoms with van der Waals surface area (Å²) in [5, 5.41) is 11.4. The van der Waals surface area contributed by atoms with Crippen molar-refractivity contribution in [1.29, 1.82) is 0 Å². The number of hydrogen-bond acceptors (Lipinski definition) is 9. The predicted molar refractivity (Wildman–Crippen MR) is 195 cm³/mol. The Morgan fingerprint density at radius 1 is 0.680 bits per heavy atom. The van der Waals surface area contributed by atoms with Crippen molar-refractivity contribution in [3.05, 3.63) is 86.6 Å². The molecule has 0 bridgehead atoms. The number of phenols is 1. The van der Waals surface area contributed by atoms with Gasteiger partial charge in [-0.05, 0) is 99.4 Å². The van der Waals surface area contributed by atoms with E-state index in [9.17, 15) is 24.3 Å². The van der Waals surface area contributed by atoms with Crippen molar-refractivity contribution in [1.82, 2.24) is 9.13 Å². The normalized spacial score (nSPS) is 11.5. The topological polar surface area (TPSA) is 135 Å². The summed E-state index contributed by atoms with van der Waals surface area (Å²) in [6.07, 6.45) is 1.57. The van der Waals surface area contributed by atoms with Crippen molar-refractivity contribution in [2.75, 3.05) is 14.2 Å². The molecule has 50 heavy (non-hydrogen) atoms. The summed E-state index contributed by atoms with van der Waals surface area (Å²) in [7, 11) is 2.56. The number of phenolic OH excluding ortho intramolecular Hbond substituents is 1. The highest BCUT2D eigenvalue weighted by molar-refractivity contribution is 9.10. The highest BCUT2D eigenvalue weighted by Crippen LogP contribution is 2.36. The second kappa shape index (κ2) is 14.8. The number of benzene rings is 3. The molecule has 0 fully saturated rings. The van der Waals surface area contributed by atoms with E-state index in [2.05, 4.69) is 15.9 Å². The average molecular weight is 790 g/mol. The number of rotatable bonds is 3. The summed E-state index contributed by atoms with van der Waals surface area (Å²) in [5.74, 6) is -0.986. The van der Waals surface area contributed by atoms with E-state index < -0.39 is 35.3 Å². The second-order valence-electron chi connectivity index (χ2n) is 12.9. The Bertz CT molecular complexity index is 2120. The minimum absolute atomic E-state index is 0.132. The van der Waals surface area contributed by atoms with Crippen LogP contribution in [-0.2, 0) is 18.9 Å². The maximum atomic E-state index is 12.6. The van der Waals surface area contributed by atoms with Crippen molar-refractivity contribution in [3.8, 4) is 16.9 Å². The summed E-state index contributed by atoms with van der Waals surface area (Å²) in [6.45, 7) is 10.6. The minimum Gasteiger partial charge on any atom is -0.508 e. The molecule has 5 rings (SSSR count). The van der Waals surface area contributed by atoms with Crippen molar-refractivity contribution in [2.24, 2.45) is 0 Å². The Morgan fingerprint density at radius 3 is 1.52 bits per heavy atom. The van der Waals surface area contributed by atoms with Gasteiger partial charge in [0.05, 0.1) is 46.4 Å². The minimum atomic E-state index is -0.700. The number of halogens is 3. The molecular formula is C36H35BrCl2N2O9. The number of fused-ring (bicyclic) bond motifs is 2. The van der Waals surface area contributed by atoms with E-state index in [4.69, 9.17) is 42.1 Å². The molecule has 14 heteroatoms. The van der Waals surface area contributed by atoms with Gasteiger partial charge in [0.15, 0.2) is 0 Å². The molecule has 0 saturated carbocycles. The maximum absolute atomic E-state index is 12.6. The van der Waals surface area contributed by atoms with Crippen molar-refractivity contribution >= 4 is 85.1 Å². The number of esters is 2. The summed E-state index contributed by atoms with van der Waals surface area (Å²) in [4.78, 5) is 49.1. The first-order chi connectivity index (χ1) is 23.2. The van der Waals surface area contributed by atoms with E-state index in [1.807, 2.05) is 0 Å². The van der Waals surface area contributed by atoms with Gasteiger partial charge in [0.25, 0.3) is 0 Å². The zero-order valence-corrected chi connectivity index (χ0v) is 31.6. The fourth-order valence-corrected chi connectivity index (χ4v) is 5.57. The SMILES string of the molecule is COC(=O)c1cn(C(=O)OC(C)(C)C)c2cc(Cl)c(-c3ccc(O)cc3)cc12.COC(=O)c1cn(C(=O)OC(C)(C)C)c2cc(Cl)c(Br)cc12. The lowest BCUT2D eigenvalue weighted by Crippen LogP contribution is -2.26. The van der Waals surface area contributed by atoms with E-state index in [0.29, 0.717) is 41.9 Å². The summed E-state index contributed by atoms with van der Waals surface area (Å²) in [6, 6.07) is 13.1. The maximum Gasteiger partial charge on any atom is 0.419 e. The Kier molecular flexibility index (Phi) is 11.3. The molecule has 0 unspecified atom stereocenters. The number of ether oxygens (including phenoxy) is 4. The summed E-state index contributed by atoms with van der Waals surface area (Å²) >= 11 is 15.9. The molecule has 264 valence electrons. The zero-order chi connectivity index (χ0) is 37.3. The number of methoxy groups -OCH3 is 2. The number of carbonyl (C=O) groups excluding carboxylic acids is 4. The molecule has 2 heterocycles. The smallest absolute Gasteiger partial charge is 0.419 e. The lowest BCUT2D eigenvalue weighted by Gasteiger charge is -2.19. The molecule has 1 N–H and O–H groups in total. The Balaban J connectivity index is 0.000000232. The van der Waals surface area contributed by atoms with Gasteiger partial charge in [0.2, 0.25) is 0 Å². The Morgan fingerprint density at radius 2 is 1.10 bits per heavy atom. The average Bonchev–Trinajstić information content (AvgIpc) is 3.57. The number of aromatic hydroxyl groups is 1. The van der Waals surface area contributed by atoms with Crippen LogP contribution in [0, 0.1) is 0 Å². The van der Waals surface area contributed by atoms with Crippen LogP contribution in [0.5, 0.6) is 5.75 Å². The molecule has 11 nitrogen and oxygen atoms in total. The van der Waals surface area contributed by atoms with Gasteiger partial charge in [0.1, 0.15) is 17.0 Å². The van der Waals surface area contributed by atoms with E-state index in [0.717, 1.165) is 5.56 Å². The van der Waals surface area contributed by atoms with Gasteiger partial charge in [-0.25, -0.2) is 19.2 Å². The van der Waals surface area contributed by atoms with Gasteiger partial charge >= 0.3 is 24.1 Å². The third-order valence-corrected chi connectivity index (χ3v) is 8.42. The third kappa shape index (κ3) is 8.61. The highest BCUT2D eigenvalue weighted by Gasteiger charge is 2.26. The monoisotopic (exact) mass is 788 g/mol. The zero-order valence-electron chi connectivity index (χ0n) is 28.5. The van der Waals surface area contributed by atoms with Crippen LogP contribution in [0.4, 0.5) is 9.59 Å². The third-order valence-electron chi connectivity index (χ3n) is 6.91. The van der Waals surface area contributed by atoms with E-state index >= 15 is 0 Å². The number of carbonyl (C=O) groups is 4. The van der Waals surface area contributed by atoms with Crippen LogP contribution in [0.25, 0.3) is 32.9 Å².